The first kappa shape index (κ1) is 24.8. The van der Waals surface area contributed by atoms with Crippen LogP contribution in [0.15, 0.2) is 158 Å². The molecule has 10 aromatic rings. The van der Waals surface area contributed by atoms with E-state index in [1.54, 1.807) is 0 Å². The van der Waals surface area contributed by atoms with Gasteiger partial charge < -0.3 is 9.13 Å². The summed E-state index contributed by atoms with van der Waals surface area (Å²) in [5.74, 6) is 0. The first-order valence-corrected chi connectivity index (χ1v) is 16.2. The van der Waals surface area contributed by atoms with Crippen LogP contribution in [0, 0.1) is 0 Å². The number of hydrogen-bond donors (Lipinski definition) is 0. The van der Waals surface area contributed by atoms with Gasteiger partial charge in [0.1, 0.15) is 0 Å². The molecule has 3 heterocycles. The van der Waals surface area contributed by atoms with Gasteiger partial charge in [0.25, 0.3) is 0 Å². The van der Waals surface area contributed by atoms with Crippen LogP contribution < -0.4 is 0 Å². The van der Waals surface area contributed by atoms with Crippen LogP contribution in [-0.2, 0) is 0 Å². The minimum Gasteiger partial charge on any atom is -0.309 e. The van der Waals surface area contributed by atoms with Crippen LogP contribution in [0.3, 0.4) is 0 Å². The minimum atomic E-state index is 1.17. The molecule has 0 amide bonds. The van der Waals surface area contributed by atoms with Crippen molar-refractivity contribution in [1.82, 2.24) is 9.13 Å². The van der Waals surface area contributed by atoms with Gasteiger partial charge in [0, 0.05) is 42.7 Å². The van der Waals surface area contributed by atoms with E-state index in [1.807, 2.05) is 11.3 Å². The monoisotopic (exact) mass is 590 g/mol. The zero-order valence-corrected chi connectivity index (χ0v) is 25.1. The fraction of sp³-hybridized carbons (Fsp3) is 0. The van der Waals surface area contributed by atoms with Crippen molar-refractivity contribution in [2.45, 2.75) is 0 Å². The number of fused-ring (bicyclic) bond motifs is 9. The first-order valence-electron chi connectivity index (χ1n) is 15.4. The highest BCUT2D eigenvalue weighted by atomic mass is 32.1. The highest BCUT2D eigenvalue weighted by Crippen LogP contribution is 2.42. The molecule has 0 fully saturated rings. The Kier molecular flexibility index (Phi) is 5.19. The summed E-state index contributed by atoms with van der Waals surface area (Å²) >= 11 is 1.88. The van der Waals surface area contributed by atoms with Crippen molar-refractivity contribution < 1.29 is 0 Å². The minimum absolute atomic E-state index is 1.17. The van der Waals surface area contributed by atoms with Crippen molar-refractivity contribution in [3.8, 4) is 22.5 Å². The van der Waals surface area contributed by atoms with Crippen molar-refractivity contribution in [2.75, 3.05) is 0 Å². The second-order valence-electron chi connectivity index (χ2n) is 11.8. The lowest BCUT2D eigenvalue weighted by Gasteiger charge is -2.12. The van der Waals surface area contributed by atoms with Crippen molar-refractivity contribution in [3.05, 3.63) is 158 Å². The molecular formula is C42H26N2S. The molecule has 10 rings (SSSR count). The van der Waals surface area contributed by atoms with Crippen LogP contribution in [0.25, 0.3) is 86.3 Å². The number of hydrogen-bond acceptors (Lipinski definition) is 1. The van der Waals surface area contributed by atoms with Crippen molar-refractivity contribution in [1.29, 1.82) is 0 Å². The Labute approximate surface area is 263 Å². The molecule has 210 valence electrons. The molecule has 2 nitrogen and oxygen atoms in total. The molecule has 0 N–H and O–H groups in total. The quantitative estimate of drug-likeness (QED) is 0.194. The lowest BCUT2D eigenvalue weighted by Crippen LogP contribution is -1.95. The number of thiophene rings is 1. The van der Waals surface area contributed by atoms with E-state index in [9.17, 15) is 0 Å². The number of rotatable bonds is 3. The molecule has 45 heavy (non-hydrogen) atoms. The molecule has 0 aliphatic heterocycles. The van der Waals surface area contributed by atoms with Crippen LogP contribution in [0.4, 0.5) is 0 Å². The number of para-hydroxylation sites is 3. The highest BCUT2D eigenvalue weighted by molar-refractivity contribution is 7.26. The van der Waals surface area contributed by atoms with Gasteiger partial charge >= 0.3 is 0 Å². The second-order valence-corrected chi connectivity index (χ2v) is 12.8. The van der Waals surface area contributed by atoms with Crippen molar-refractivity contribution in [3.63, 3.8) is 0 Å². The Morgan fingerprint density at radius 2 is 0.911 bits per heavy atom. The molecule has 0 atom stereocenters. The standard InChI is InChI=1S/C42H26N2S/c1-5-18-36-30(13-1)31-14-2-6-19-37(31)43(36)29-12-9-11-27(25-29)28-23-24-33-32-15-3-7-20-38(32)44(40(33)26-28)39-21-10-17-35-34-16-4-8-22-41(34)45-42(35)39/h1-26H. The van der Waals surface area contributed by atoms with Crippen molar-refractivity contribution >= 4 is 75.1 Å². The summed E-state index contributed by atoms with van der Waals surface area (Å²) in [5.41, 5.74) is 9.71. The van der Waals surface area contributed by atoms with E-state index in [-0.39, 0.29) is 0 Å². The fourth-order valence-corrected chi connectivity index (χ4v) is 8.55. The normalized spacial score (nSPS) is 12.0. The molecule has 0 aliphatic carbocycles. The molecule has 0 saturated heterocycles. The summed E-state index contributed by atoms with van der Waals surface area (Å²) in [6.45, 7) is 0. The molecule has 0 aliphatic rings. The van der Waals surface area contributed by atoms with Gasteiger partial charge in [-0.15, -0.1) is 11.3 Å². The highest BCUT2D eigenvalue weighted by Gasteiger charge is 2.17. The van der Waals surface area contributed by atoms with E-state index >= 15 is 0 Å². The average molecular weight is 591 g/mol. The van der Waals surface area contributed by atoms with Crippen LogP contribution >= 0.6 is 11.3 Å². The molecule has 0 bridgehead atoms. The summed E-state index contributed by atoms with van der Waals surface area (Å²) in [5, 5.41) is 7.73. The molecule has 3 heteroatoms. The van der Waals surface area contributed by atoms with Crippen LogP contribution in [0.1, 0.15) is 0 Å². The van der Waals surface area contributed by atoms with E-state index in [4.69, 9.17) is 0 Å². The molecule has 7 aromatic carbocycles. The van der Waals surface area contributed by atoms with Crippen molar-refractivity contribution in [2.24, 2.45) is 0 Å². The maximum Gasteiger partial charge on any atom is 0.0640 e. The second kappa shape index (κ2) is 9.43. The zero-order valence-electron chi connectivity index (χ0n) is 24.3. The number of aromatic nitrogens is 2. The SMILES string of the molecule is c1cc(-c2ccc3c4ccccc4n(-c4cccc5c4sc4ccccc45)c3c2)cc(-n2c3ccccc3c3ccccc32)c1. The maximum atomic E-state index is 2.47. The van der Waals surface area contributed by atoms with E-state index in [0.29, 0.717) is 0 Å². The van der Waals surface area contributed by atoms with Gasteiger partial charge in [0.2, 0.25) is 0 Å². The largest absolute Gasteiger partial charge is 0.309 e. The van der Waals surface area contributed by atoms with Gasteiger partial charge in [-0.1, -0.05) is 109 Å². The lowest BCUT2D eigenvalue weighted by molar-refractivity contribution is 1.18. The lowest BCUT2D eigenvalue weighted by atomic mass is 10.0. The Morgan fingerprint density at radius 1 is 0.356 bits per heavy atom. The fourth-order valence-electron chi connectivity index (χ4n) is 7.34. The first-order chi connectivity index (χ1) is 22.3. The Hall–Kier alpha value is -5.64. The summed E-state index contributed by atoms with van der Waals surface area (Å²) < 4.78 is 7.51. The molecule has 3 aromatic heterocycles. The Balaban J connectivity index is 1.22. The van der Waals surface area contributed by atoms with E-state index in [1.165, 1.54) is 86.3 Å². The summed E-state index contributed by atoms with van der Waals surface area (Å²) in [6, 6.07) is 57.7. The average Bonchev–Trinajstić information content (AvgIpc) is 3.76. The predicted molar refractivity (Wildman–Crippen MR) is 193 cm³/mol. The third-order valence-corrected chi connectivity index (χ3v) is 10.5. The van der Waals surface area contributed by atoms with Gasteiger partial charge in [-0.25, -0.2) is 0 Å². The predicted octanol–water partition coefficient (Wildman–Crippen LogP) is 11.9. The van der Waals surface area contributed by atoms with Gasteiger partial charge in [0.05, 0.1) is 32.5 Å². The Bertz CT molecular complexity index is 2720. The van der Waals surface area contributed by atoms with Crippen LogP contribution in [0.2, 0.25) is 0 Å². The van der Waals surface area contributed by atoms with Gasteiger partial charge in [-0.05, 0) is 59.7 Å². The van der Waals surface area contributed by atoms with E-state index in [2.05, 4.69) is 167 Å². The molecule has 0 radical (unpaired) electrons. The molecular weight excluding hydrogens is 565 g/mol. The van der Waals surface area contributed by atoms with Crippen LogP contribution in [0.5, 0.6) is 0 Å². The molecule has 0 spiro atoms. The van der Waals surface area contributed by atoms with E-state index in [0.717, 1.165) is 0 Å². The van der Waals surface area contributed by atoms with Gasteiger partial charge in [0.15, 0.2) is 0 Å². The summed E-state index contributed by atoms with van der Waals surface area (Å²) in [4.78, 5) is 0. The number of nitrogens with zero attached hydrogens (tertiary/aromatic N) is 2. The van der Waals surface area contributed by atoms with E-state index < -0.39 is 0 Å². The van der Waals surface area contributed by atoms with Gasteiger partial charge in [-0.3, -0.25) is 0 Å². The molecule has 0 saturated carbocycles. The Morgan fingerprint density at radius 3 is 1.64 bits per heavy atom. The third kappa shape index (κ3) is 3.56. The van der Waals surface area contributed by atoms with Crippen LogP contribution in [-0.4, -0.2) is 9.13 Å². The van der Waals surface area contributed by atoms with Gasteiger partial charge in [-0.2, -0.15) is 0 Å². The zero-order chi connectivity index (χ0) is 29.5. The smallest absolute Gasteiger partial charge is 0.0640 e. The number of benzene rings is 7. The topological polar surface area (TPSA) is 9.86 Å². The third-order valence-electron chi connectivity index (χ3n) is 9.32. The molecule has 0 unspecified atom stereocenters. The summed E-state index contributed by atoms with van der Waals surface area (Å²) in [7, 11) is 0. The maximum absolute atomic E-state index is 2.47. The summed E-state index contributed by atoms with van der Waals surface area (Å²) in [6.07, 6.45) is 0.